The Labute approximate surface area is 197 Å². The van der Waals surface area contributed by atoms with Crippen LogP contribution in [-0.4, -0.2) is 49.2 Å². The minimum absolute atomic E-state index is 0.150. The van der Waals surface area contributed by atoms with Crippen LogP contribution < -0.4 is 10.1 Å². The Morgan fingerprint density at radius 3 is 2.88 bits per heavy atom. The fraction of sp³-hybridized carbons (Fsp3) is 0.333. The Bertz CT molecular complexity index is 1100. The quantitative estimate of drug-likeness (QED) is 0.536. The lowest BCUT2D eigenvalue weighted by atomic mass is 10.1. The number of thiazole rings is 1. The zero-order valence-corrected chi connectivity index (χ0v) is 19.8. The summed E-state index contributed by atoms with van der Waals surface area (Å²) in [5, 5.41) is 6.36. The Kier molecular flexibility index (Phi) is 7.42. The van der Waals surface area contributed by atoms with E-state index in [0.717, 1.165) is 54.7 Å². The van der Waals surface area contributed by atoms with E-state index >= 15 is 0 Å². The van der Waals surface area contributed by atoms with Gasteiger partial charge in [0.25, 0.3) is 0 Å². The molecule has 0 unspecified atom stereocenters. The molecule has 2 aromatic carbocycles. The SMILES string of the molecule is COc1cc(Cl)c(C)cc1NC(=O)Cc1csc(-c2cccc(CN3CCOCC3)c2)n1. The van der Waals surface area contributed by atoms with Crippen molar-refractivity contribution in [1.82, 2.24) is 9.88 Å². The Morgan fingerprint density at radius 2 is 2.09 bits per heavy atom. The molecule has 32 heavy (non-hydrogen) atoms. The molecule has 1 amide bonds. The van der Waals surface area contributed by atoms with E-state index in [1.54, 1.807) is 24.5 Å². The van der Waals surface area contributed by atoms with Crippen molar-refractivity contribution < 1.29 is 14.3 Å². The number of aromatic nitrogens is 1. The van der Waals surface area contributed by atoms with Crippen LogP contribution in [0.5, 0.6) is 5.75 Å². The van der Waals surface area contributed by atoms with Crippen molar-refractivity contribution in [3.05, 3.63) is 63.6 Å². The minimum atomic E-state index is -0.150. The zero-order valence-electron chi connectivity index (χ0n) is 18.2. The summed E-state index contributed by atoms with van der Waals surface area (Å²) >= 11 is 7.70. The first kappa shape index (κ1) is 22.7. The number of halogens is 1. The van der Waals surface area contributed by atoms with E-state index in [-0.39, 0.29) is 12.3 Å². The van der Waals surface area contributed by atoms with E-state index in [4.69, 9.17) is 26.1 Å². The van der Waals surface area contributed by atoms with Gasteiger partial charge in [0, 0.05) is 41.7 Å². The first-order chi connectivity index (χ1) is 15.5. The standard InChI is InChI=1S/C24H26ClN3O3S/c1-16-10-21(22(30-2)13-20(16)25)27-23(29)12-19-15-32-24(26-19)18-5-3-4-17(11-18)14-28-6-8-31-9-7-28/h3-5,10-11,13,15H,6-9,12,14H2,1-2H3,(H,27,29). The minimum Gasteiger partial charge on any atom is -0.495 e. The van der Waals surface area contributed by atoms with Crippen LogP contribution in [0, 0.1) is 6.92 Å². The molecule has 1 aromatic heterocycles. The molecule has 1 fully saturated rings. The number of rotatable bonds is 7. The number of carbonyl (C=O) groups excluding carboxylic acids is 1. The third kappa shape index (κ3) is 5.66. The maximum absolute atomic E-state index is 12.6. The monoisotopic (exact) mass is 471 g/mol. The van der Waals surface area contributed by atoms with Crippen LogP contribution >= 0.6 is 22.9 Å². The number of aryl methyl sites for hydroxylation is 1. The summed E-state index contributed by atoms with van der Waals surface area (Å²) < 4.78 is 10.8. The Balaban J connectivity index is 1.41. The van der Waals surface area contributed by atoms with E-state index < -0.39 is 0 Å². The Hall–Kier alpha value is -2.45. The van der Waals surface area contributed by atoms with Crippen LogP contribution in [0.4, 0.5) is 5.69 Å². The van der Waals surface area contributed by atoms with Crippen molar-refractivity contribution in [2.45, 2.75) is 19.9 Å². The maximum atomic E-state index is 12.6. The molecule has 0 saturated carbocycles. The fourth-order valence-corrected chi connectivity index (χ4v) is 4.60. The highest BCUT2D eigenvalue weighted by molar-refractivity contribution is 7.13. The summed E-state index contributed by atoms with van der Waals surface area (Å²) in [4.78, 5) is 19.7. The van der Waals surface area contributed by atoms with Crippen LogP contribution in [0.3, 0.4) is 0 Å². The summed E-state index contributed by atoms with van der Waals surface area (Å²) in [5.74, 6) is 0.382. The van der Waals surface area contributed by atoms with E-state index in [2.05, 4.69) is 34.5 Å². The van der Waals surface area contributed by atoms with Crippen molar-refractivity contribution in [2.75, 3.05) is 38.7 Å². The molecule has 0 radical (unpaired) electrons. The number of methoxy groups -OCH3 is 1. The van der Waals surface area contributed by atoms with Gasteiger partial charge in [0.1, 0.15) is 10.8 Å². The molecule has 2 heterocycles. The van der Waals surface area contributed by atoms with Gasteiger partial charge in [-0.25, -0.2) is 4.98 Å². The second kappa shape index (κ2) is 10.4. The highest BCUT2D eigenvalue weighted by atomic mass is 35.5. The van der Waals surface area contributed by atoms with E-state index in [1.165, 1.54) is 5.56 Å². The second-order valence-corrected chi connectivity index (χ2v) is 9.02. The maximum Gasteiger partial charge on any atom is 0.230 e. The van der Waals surface area contributed by atoms with Crippen molar-refractivity contribution in [2.24, 2.45) is 0 Å². The predicted molar refractivity (Wildman–Crippen MR) is 129 cm³/mol. The molecular formula is C24H26ClN3O3S. The number of hydrogen-bond acceptors (Lipinski definition) is 6. The smallest absolute Gasteiger partial charge is 0.230 e. The highest BCUT2D eigenvalue weighted by Crippen LogP contribution is 2.31. The first-order valence-electron chi connectivity index (χ1n) is 10.5. The predicted octanol–water partition coefficient (Wildman–Crippen LogP) is 4.79. The largest absolute Gasteiger partial charge is 0.495 e. The van der Waals surface area contributed by atoms with E-state index in [0.29, 0.717) is 16.5 Å². The number of ether oxygens (including phenoxy) is 2. The summed E-state index contributed by atoms with van der Waals surface area (Å²) in [6.45, 7) is 6.28. The normalized spacial score (nSPS) is 14.3. The number of benzene rings is 2. The van der Waals surface area contributed by atoms with Crippen molar-refractivity contribution in [3.8, 4) is 16.3 Å². The number of hydrogen-bond donors (Lipinski definition) is 1. The average Bonchev–Trinajstić information content (AvgIpc) is 3.25. The van der Waals surface area contributed by atoms with Crippen LogP contribution in [0.15, 0.2) is 41.8 Å². The lowest BCUT2D eigenvalue weighted by Crippen LogP contribution is -2.35. The van der Waals surface area contributed by atoms with Crippen molar-refractivity contribution in [3.63, 3.8) is 0 Å². The van der Waals surface area contributed by atoms with E-state index in [1.807, 2.05) is 18.4 Å². The topological polar surface area (TPSA) is 63.7 Å². The third-order valence-corrected chi connectivity index (χ3v) is 6.68. The molecule has 0 spiro atoms. The zero-order chi connectivity index (χ0) is 22.5. The van der Waals surface area contributed by atoms with Gasteiger partial charge in [-0.3, -0.25) is 9.69 Å². The van der Waals surface area contributed by atoms with Crippen LogP contribution in [0.2, 0.25) is 5.02 Å². The van der Waals surface area contributed by atoms with Gasteiger partial charge in [-0.1, -0.05) is 29.8 Å². The second-order valence-electron chi connectivity index (χ2n) is 7.76. The number of anilines is 1. The summed E-state index contributed by atoms with van der Waals surface area (Å²) in [6.07, 6.45) is 0.189. The van der Waals surface area contributed by atoms with Crippen LogP contribution in [0.1, 0.15) is 16.8 Å². The molecule has 3 aromatic rings. The lowest BCUT2D eigenvalue weighted by Gasteiger charge is -2.26. The number of nitrogens with zero attached hydrogens (tertiary/aromatic N) is 2. The van der Waals surface area contributed by atoms with Crippen LogP contribution in [0.25, 0.3) is 10.6 Å². The van der Waals surface area contributed by atoms with Gasteiger partial charge in [0.05, 0.1) is 38.1 Å². The van der Waals surface area contributed by atoms with Gasteiger partial charge in [0.15, 0.2) is 0 Å². The molecule has 0 atom stereocenters. The summed E-state index contributed by atoms with van der Waals surface area (Å²) in [7, 11) is 1.55. The molecule has 8 heteroatoms. The average molecular weight is 472 g/mol. The van der Waals surface area contributed by atoms with Gasteiger partial charge >= 0.3 is 0 Å². The summed E-state index contributed by atoms with van der Waals surface area (Å²) in [5.41, 5.74) is 4.54. The third-order valence-electron chi connectivity index (χ3n) is 5.33. The molecule has 1 aliphatic rings. The number of amides is 1. The summed E-state index contributed by atoms with van der Waals surface area (Å²) in [6, 6.07) is 12.0. The molecule has 6 nitrogen and oxygen atoms in total. The van der Waals surface area contributed by atoms with Gasteiger partial charge in [0.2, 0.25) is 5.91 Å². The van der Waals surface area contributed by atoms with Gasteiger partial charge in [-0.05, 0) is 30.2 Å². The molecule has 0 aliphatic carbocycles. The molecule has 0 bridgehead atoms. The number of morpholine rings is 1. The highest BCUT2D eigenvalue weighted by Gasteiger charge is 2.14. The first-order valence-corrected chi connectivity index (χ1v) is 11.8. The Morgan fingerprint density at radius 1 is 1.28 bits per heavy atom. The van der Waals surface area contributed by atoms with Gasteiger partial charge in [-0.2, -0.15) is 0 Å². The fourth-order valence-electron chi connectivity index (χ4n) is 3.63. The van der Waals surface area contributed by atoms with Crippen molar-refractivity contribution in [1.29, 1.82) is 0 Å². The van der Waals surface area contributed by atoms with Crippen molar-refractivity contribution >= 4 is 34.5 Å². The number of carbonyl (C=O) groups is 1. The molecule has 4 rings (SSSR count). The van der Waals surface area contributed by atoms with E-state index in [9.17, 15) is 4.79 Å². The number of nitrogens with one attached hydrogen (secondary N) is 1. The van der Waals surface area contributed by atoms with Gasteiger partial charge in [-0.15, -0.1) is 11.3 Å². The molecular weight excluding hydrogens is 446 g/mol. The van der Waals surface area contributed by atoms with Gasteiger partial charge < -0.3 is 14.8 Å². The molecule has 1 saturated heterocycles. The lowest BCUT2D eigenvalue weighted by molar-refractivity contribution is -0.115. The van der Waals surface area contributed by atoms with Crippen LogP contribution in [-0.2, 0) is 22.5 Å². The molecule has 168 valence electrons. The molecule has 1 aliphatic heterocycles. The molecule has 1 N–H and O–H groups in total.